The van der Waals surface area contributed by atoms with Crippen molar-refractivity contribution in [2.75, 3.05) is 6.54 Å². The zero-order valence-corrected chi connectivity index (χ0v) is 17.6. The molecule has 0 aromatic carbocycles. The standard InChI is InChI=1S/C24H32N2O3/c1-23-10-8-19-17(18(23)7-5-15(23)9-11-25)6-4-16-12-20(27)21(13-24(16,19)2)29-22(28)14-26-3/h9,16-21,27H,4-8,10,12-14H2,1-2H3/b15-9+/t16-,17-,18-,19-,20-,21-,23+,24-/m0/s1. The minimum atomic E-state index is -0.621. The number of aliphatic hydroxyl groups is 1. The first-order valence-corrected chi connectivity index (χ1v) is 11.1. The van der Waals surface area contributed by atoms with Crippen LogP contribution in [0.15, 0.2) is 11.6 Å². The van der Waals surface area contributed by atoms with E-state index in [9.17, 15) is 15.2 Å². The number of nitrogens with zero attached hydrogens (tertiary/aromatic N) is 2. The maximum Gasteiger partial charge on any atom is 0.387 e. The van der Waals surface area contributed by atoms with E-state index in [-0.39, 0.29) is 17.4 Å². The molecule has 0 aliphatic heterocycles. The number of allylic oxidation sites excluding steroid dienone is 2. The Kier molecular flexibility index (Phi) is 5.24. The van der Waals surface area contributed by atoms with Crippen molar-refractivity contribution in [3.63, 3.8) is 0 Å². The van der Waals surface area contributed by atoms with Crippen molar-refractivity contribution in [3.8, 4) is 6.07 Å². The number of esters is 1. The van der Waals surface area contributed by atoms with Crippen LogP contribution in [0.4, 0.5) is 0 Å². The summed E-state index contributed by atoms with van der Waals surface area (Å²) < 4.78 is 5.55. The van der Waals surface area contributed by atoms with Crippen LogP contribution in [0.25, 0.3) is 4.85 Å². The van der Waals surface area contributed by atoms with Gasteiger partial charge in [0.15, 0.2) is 0 Å². The number of carbonyl (C=O) groups excluding carboxylic acids is 1. The van der Waals surface area contributed by atoms with Gasteiger partial charge in [-0.1, -0.05) is 19.4 Å². The molecule has 0 radical (unpaired) electrons. The smallest absolute Gasteiger partial charge is 0.387 e. The Balaban J connectivity index is 1.57. The van der Waals surface area contributed by atoms with Gasteiger partial charge in [0, 0.05) is 6.08 Å². The van der Waals surface area contributed by atoms with Crippen molar-refractivity contribution in [1.29, 1.82) is 5.26 Å². The van der Waals surface area contributed by atoms with Gasteiger partial charge in [-0.05, 0) is 85.9 Å². The summed E-state index contributed by atoms with van der Waals surface area (Å²) in [5.74, 6) is 1.81. The molecule has 0 aromatic heterocycles. The first-order valence-electron chi connectivity index (χ1n) is 11.1. The van der Waals surface area contributed by atoms with Crippen LogP contribution in [-0.2, 0) is 9.53 Å². The van der Waals surface area contributed by atoms with E-state index in [0.29, 0.717) is 36.5 Å². The van der Waals surface area contributed by atoms with Gasteiger partial charge in [-0.3, -0.25) is 0 Å². The molecule has 4 fully saturated rings. The lowest BCUT2D eigenvalue weighted by molar-refractivity contribution is -0.180. The minimum Gasteiger partial charge on any atom is -0.454 e. The first kappa shape index (κ1) is 20.4. The van der Waals surface area contributed by atoms with Crippen LogP contribution in [-0.4, -0.2) is 29.8 Å². The Labute approximate surface area is 173 Å². The zero-order chi connectivity index (χ0) is 20.8. The van der Waals surface area contributed by atoms with Gasteiger partial charge in [0.25, 0.3) is 0 Å². The second-order valence-corrected chi connectivity index (χ2v) is 10.3. The summed E-state index contributed by atoms with van der Waals surface area (Å²) >= 11 is 0. The fourth-order valence-corrected chi connectivity index (χ4v) is 7.81. The number of ether oxygens (including phenoxy) is 1. The number of aliphatic hydroxyl groups excluding tert-OH is 1. The van der Waals surface area contributed by atoms with Gasteiger partial charge in [-0.25, -0.2) is 11.4 Å². The third-order valence-electron chi connectivity index (χ3n) is 9.24. The van der Waals surface area contributed by atoms with Crippen molar-refractivity contribution < 1.29 is 14.6 Å². The van der Waals surface area contributed by atoms with Gasteiger partial charge in [-0.15, -0.1) is 0 Å². The molecule has 0 aromatic rings. The number of nitriles is 1. The van der Waals surface area contributed by atoms with E-state index in [1.807, 2.05) is 0 Å². The average molecular weight is 397 g/mol. The van der Waals surface area contributed by atoms with Gasteiger partial charge < -0.3 is 14.7 Å². The predicted molar refractivity (Wildman–Crippen MR) is 108 cm³/mol. The average Bonchev–Trinajstić information content (AvgIpc) is 3.00. The SMILES string of the molecule is [C-]#[N+]CC(=O)O[C@H]1C[C@@]2(C)[C@@H](CC[C@@H]3[C@@H]2CC[C@]2(C)/C(=C/C#N)CC[C@@H]32)C[C@@H]1O. The quantitative estimate of drug-likeness (QED) is 0.429. The number of fused-ring (bicyclic) bond motifs is 5. The third kappa shape index (κ3) is 3.19. The molecule has 0 amide bonds. The predicted octanol–water partition coefficient (Wildman–Crippen LogP) is 4.28. The van der Waals surface area contributed by atoms with E-state index in [1.54, 1.807) is 6.08 Å². The fourth-order valence-electron chi connectivity index (χ4n) is 7.81. The van der Waals surface area contributed by atoms with E-state index < -0.39 is 18.2 Å². The maximum absolute atomic E-state index is 11.9. The molecule has 5 heteroatoms. The monoisotopic (exact) mass is 396 g/mol. The first-order chi connectivity index (χ1) is 13.8. The molecule has 4 aliphatic rings. The van der Waals surface area contributed by atoms with Crippen LogP contribution in [0.1, 0.15) is 65.2 Å². The number of carbonyl (C=O) groups is 1. The maximum atomic E-state index is 11.9. The molecular formula is C24H32N2O3. The second kappa shape index (κ2) is 7.44. The van der Waals surface area contributed by atoms with E-state index in [4.69, 9.17) is 11.3 Å². The summed E-state index contributed by atoms with van der Waals surface area (Å²) in [4.78, 5) is 15.0. The van der Waals surface area contributed by atoms with E-state index >= 15 is 0 Å². The highest BCUT2D eigenvalue weighted by atomic mass is 16.6. The van der Waals surface area contributed by atoms with Crippen molar-refractivity contribution in [1.82, 2.24) is 0 Å². The lowest BCUT2D eigenvalue weighted by Crippen LogP contribution is -2.57. The second-order valence-electron chi connectivity index (χ2n) is 10.3. The Morgan fingerprint density at radius 2 is 2.14 bits per heavy atom. The molecule has 0 unspecified atom stereocenters. The molecule has 1 N–H and O–H groups in total. The number of hydrogen-bond acceptors (Lipinski definition) is 4. The van der Waals surface area contributed by atoms with Gasteiger partial charge in [0.1, 0.15) is 6.10 Å². The van der Waals surface area contributed by atoms with Crippen LogP contribution in [0.5, 0.6) is 0 Å². The van der Waals surface area contributed by atoms with Gasteiger partial charge in [0.05, 0.1) is 12.2 Å². The van der Waals surface area contributed by atoms with Crippen LogP contribution >= 0.6 is 0 Å². The fraction of sp³-hybridized carbons (Fsp3) is 0.792. The van der Waals surface area contributed by atoms with E-state index in [1.165, 1.54) is 18.4 Å². The van der Waals surface area contributed by atoms with Crippen molar-refractivity contribution >= 4 is 5.97 Å². The summed E-state index contributed by atoms with van der Waals surface area (Å²) in [5, 5.41) is 19.8. The third-order valence-corrected chi connectivity index (χ3v) is 9.24. The van der Waals surface area contributed by atoms with E-state index in [0.717, 1.165) is 25.7 Å². The molecule has 5 nitrogen and oxygen atoms in total. The Morgan fingerprint density at radius 3 is 2.86 bits per heavy atom. The summed E-state index contributed by atoms with van der Waals surface area (Å²) in [5.41, 5.74) is 1.57. The molecule has 0 heterocycles. The highest BCUT2D eigenvalue weighted by Gasteiger charge is 2.60. The highest BCUT2D eigenvalue weighted by molar-refractivity contribution is 5.73. The molecule has 4 rings (SSSR count). The Hall–Kier alpha value is -1.85. The van der Waals surface area contributed by atoms with Gasteiger partial charge in [0.2, 0.25) is 0 Å². The molecule has 0 bridgehead atoms. The van der Waals surface area contributed by atoms with Crippen LogP contribution in [0.3, 0.4) is 0 Å². The molecule has 0 spiro atoms. The lowest BCUT2D eigenvalue weighted by Gasteiger charge is -2.61. The molecule has 8 atom stereocenters. The zero-order valence-electron chi connectivity index (χ0n) is 17.6. The van der Waals surface area contributed by atoms with Crippen molar-refractivity contribution in [2.45, 2.75) is 77.4 Å². The summed E-state index contributed by atoms with van der Waals surface area (Å²) in [7, 11) is 0. The summed E-state index contributed by atoms with van der Waals surface area (Å²) in [6, 6.07) is 2.27. The Bertz CT molecular complexity index is 793. The largest absolute Gasteiger partial charge is 0.454 e. The number of rotatable bonds is 2. The van der Waals surface area contributed by atoms with Crippen LogP contribution < -0.4 is 0 Å². The van der Waals surface area contributed by atoms with Crippen LogP contribution in [0, 0.1) is 52.4 Å². The van der Waals surface area contributed by atoms with Gasteiger partial charge >= 0.3 is 12.5 Å². The Morgan fingerprint density at radius 1 is 1.34 bits per heavy atom. The van der Waals surface area contributed by atoms with Crippen LogP contribution in [0.2, 0.25) is 0 Å². The number of hydrogen-bond donors (Lipinski definition) is 1. The highest BCUT2D eigenvalue weighted by Crippen LogP contribution is 2.67. The van der Waals surface area contributed by atoms with Crippen molar-refractivity contribution in [3.05, 3.63) is 23.1 Å². The molecule has 4 saturated carbocycles. The molecule has 4 aliphatic carbocycles. The van der Waals surface area contributed by atoms with E-state index in [2.05, 4.69) is 24.8 Å². The minimum absolute atomic E-state index is 0.0637. The molecule has 29 heavy (non-hydrogen) atoms. The topological polar surface area (TPSA) is 74.7 Å². The van der Waals surface area contributed by atoms with Crippen molar-refractivity contribution in [2.24, 2.45) is 34.5 Å². The van der Waals surface area contributed by atoms with Gasteiger partial charge in [-0.2, -0.15) is 5.26 Å². The summed E-state index contributed by atoms with van der Waals surface area (Å²) in [6.07, 6.45) is 8.92. The normalized spacial score (nSPS) is 47.3. The molecular weight excluding hydrogens is 364 g/mol. The lowest BCUT2D eigenvalue weighted by atomic mass is 9.44. The molecule has 156 valence electrons. The molecule has 0 saturated heterocycles. The summed E-state index contributed by atoms with van der Waals surface area (Å²) in [6.45, 7) is 11.3.